The molecule has 2 N–H and O–H groups in total. The maximum atomic E-state index is 5.75. The summed E-state index contributed by atoms with van der Waals surface area (Å²) in [6.07, 6.45) is 0. The van der Waals surface area contributed by atoms with Crippen LogP contribution in [0.5, 0.6) is 11.5 Å². The first-order valence-corrected chi connectivity index (χ1v) is 8.40. The van der Waals surface area contributed by atoms with Gasteiger partial charge in [-0.3, -0.25) is 0 Å². The molecule has 7 heteroatoms. The predicted molar refractivity (Wildman–Crippen MR) is 100 cm³/mol. The van der Waals surface area contributed by atoms with E-state index in [9.17, 15) is 0 Å². The smallest absolute Gasteiger partial charge is 0.214 e. The second-order valence-corrected chi connectivity index (χ2v) is 5.66. The van der Waals surface area contributed by atoms with Crippen molar-refractivity contribution >= 4 is 12.2 Å². The quantitative estimate of drug-likeness (QED) is 0.631. The molecule has 1 heterocycles. The Kier molecular flexibility index (Phi) is 5.35. The first-order chi connectivity index (χ1) is 12.2. The Morgan fingerprint density at radius 2 is 1.96 bits per heavy atom. The fourth-order valence-electron chi connectivity index (χ4n) is 2.56. The van der Waals surface area contributed by atoms with E-state index < -0.39 is 0 Å². The number of aromatic amines is 1. The highest BCUT2D eigenvalue weighted by atomic mass is 32.1. The van der Waals surface area contributed by atoms with Crippen LogP contribution in [0, 0.1) is 4.77 Å². The number of benzene rings is 2. The lowest BCUT2D eigenvalue weighted by Gasteiger charge is -2.16. The molecular formula is C18H20N4O2S. The number of H-pyrrole nitrogens is 1. The maximum absolute atomic E-state index is 5.75. The number of nitrogens with zero attached hydrogens (tertiary/aromatic N) is 2. The average Bonchev–Trinajstić information content (AvgIpc) is 3.02. The SMILES string of the molecule is CCOc1c(CNn2c(-c3ccccc3)n[nH]c2=S)cccc1OC. The van der Waals surface area contributed by atoms with Gasteiger partial charge in [0.05, 0.1) is 20.3 Å². The van der Waals surface area contributed by atoms with Gasteiger partial charge in [-0.25, -0.2) is 9.77 Å². The van der Waals surface area contributed by atoms with Gasteiger partial charge in [0.2, 0.25) is 4.77 Å². The number of nitrogens with one attached hydrogen (secondary N) is 2. The molecule has 0 spiro atoms. The Bertz CT molecular complexity index is 890. The molecule has 0 aliphatic carbocycles. The molecule has 25 heavy (non-hydrogen) atoms. The lowest BCUT2D eigenvalue weighted by atomic mass is 10.2. The summed E-state index contributed by atoms with van der Waals surface area (Å²) < 4.78 is 13.4. The molecule has 0 aliphatic heterocycles. The van der Waals surface area contributed by atoms with Crippen LogP contribution in [0.4, 0.5) is 0 Å². The van der Waals surface area contributed by atoms with E-state index >= 15 is 0 Å². The van der Waals surface area contributed by atoms with Crippen molar-refractivity contribution in [2.45, 2.75) is 13.5 Å². The largest absolute Gasteiger partial charge is 0.493 e. The number of para-hydroxylation sites is 1. The summed E-state index contributed by atoms with van der Waals surface area (Å²) in [5, 5.41) is 7.15. The Balaban J connectivity index is 1.88. The van der Waals surface area contributed by atoms with Gasteiger partial charge in [0.15, 0.2) is 17.3 Å². The van der Waals surface area contributed by atoms with Crippen LogP contribution in [0.15, 0.2) is 48.5 Å². The lowest BCUT2D eigenvalue weighted by molar-refractivity contribution is 0.307. The van der Waals surface area contributed by atoms with E-state index in [4.69, 9.17) is 21.7 Å². The fraction of sp³-hybridized carbons (Fsp3) is 0.222. The number of ether oxygens (including phenoxy) is 2. The van der Waals surface area contributed by atoms with Crippen LogP contribution >= 0.6 is 12.2 Å². The minimum Gasteiger partial charge on any atom is -0.493 e. The molecule has 0 unspecified atom stereocenters. The highest BCUT2D eigenvalue weighted by molar-refractivity contribution is 7.71. The van der Waals surface area contributed by atoms with E-state index in [1.165, 1.54) is 0 Å². The van der Waals surface area contributed by atoms with Gasteiger partial charge in [-0.1, -0.05) is 42.5 Å². The van der Waals surface area contributed by atoms with E-state index in [1.807, 2.05) is 55.5 Å². The second kappa shape index (κ2) is 7.85. The monoisotopic (exact) mass is 356 g/mol. The minimum atomic E-state index is 0.500. The summed E-state index contributed by atoms with van der Waals surface area (Å²) in [6.45, 7) is 3.03. The standard InChI is InChI=1S/C18H20N4O2S/c1-3-24-16-14(10-7-11-15(16)23-2)12-19-22-17(20-21-18(22)25)13-8-5-4-6-9-13/h4-11,19H,3,12H2,1-2H3,(H,21,25). The Labute approximate surface area is 151 Å². The van der Waals surface area contributed by atoms with Crippen molar-refractivity contribution in [3.05, 3.63) is 58.9 Å². The summed E-state index contributed by atoms with van der Waals surface area (Å²) in [6, 6.07) is 15.7. The molecule has 130 valence electrons. The van der Waals surface area contributed by atoms with Gasteiger partial charge < -0.3 is 14.9 Å². The van der Waals surface area contributed by atoms with Crippen LogP contribution in [-0.4, -0.2) is 28.6 Å². The zero-order valence-electron chi connectivity index (χ0n) is 14.2. The highest BCUT2D eigenvalue weighted by Crippen LogP contribution is 2.31. The van der Waals surface area contributed by atoms with Gasteiger partial charge in [-0.2, -0.15) is 5.10 Å². The predicted octanol–water partition coefficient (Wildman–Crippen LogP) is 3.76. The lowest BCUT2D eigenvalue weighted by Crippen LogP contribution is -2.16. The molecule has 6 nitrogen and oxygen atoms in total. The summed E-state index contributed by atoms with van der Waals surface area (Å²) in [5.74, 6) is 2.17. The highest BCUT2D eigenvalue weighted by Gasteiger charge is 2.12. The molecular weight excluding hydrogens is 336 g/mol. The van der Waals surface area contributed by atoms with Crippen LogP contribution in [0.2, 0.25) is 0 Å². The van der Waals surface area contributed by atoms with Crippen LogP contribution in [0.25, 0.3) is 11.4 Å². The third kappa shape index (κ3) is 3.66. The van der Waals surface area contributed by atoms with Gasteiger partial charge in [0.1, 0.15) is 0 Å². The molecule has 3 aromatic rings. The summed E-state index contributed by atoms with van der Waals surface area (Å²) in [5.41, 5.74) is 5.26. The second-order valence-electron chi connectivity index (χ2n) is 5.27. The van der Waals surface area contributed by atoms with Crippen molar-refractivity contribution in [1.82, 2.24) is 14.9 Å². The first-order valence-electron chi connectivity index (χ1n) is 8.00. The third-order valence-electron chi connectivity index (χ3n) is 3.70. The summed E-state index contributed by atoms with van der Waals surface area (Å²) >= 11 is 5.35. The molecule has 0 bridgehead atoms. The number of hydrogen-bond donors (Lipinski definition) is 2. The van der Waals surface area contributed by atoms with Gasteiger partial charge >= 0.3 is 0 Å². The van der Waals surface area contributed by atoms with Gasteiger partial charge in [0, 0.05) is 11.1 Å². The number of aromatic nitrogens is 3. The van der Waals surface area contributed by atoms with E-state index in [0.29, 0.717) is 23.7 Å². The molecule has 2 aromatic carbocycles. The van der Waals surface area contributed by atoms with E-state index in [0.717, 1.165) is 22.7 Å². The van der Waals surface area contributed by atoms with E-state index in [1.54, 1.807) is 11.8 Å². The molecule has 0 fully saturated rings. The molecule has 0 saturated carbocycles. The van der Waals surface area contributed by atoms with E-state index in [2.05, 4.69) is 15.6 Å². The number of methoxy groups -OCH3 is 1. The van der Waals surface area contributed by atoms with Crippen molar-refractivity contribution < 1.29 is 9.47 Å². The molecule has 0 aliphatic rings. The van der Waals surface area contributed by atoms with Crippen LogP contribution in [0.3, 0.4) is 0 Å². The summed E-state index contributed by atoms with van der Waals surface area (Å²) in [7, 11) is 1.63. The summed E-state index contributed by atoms with van der Waals surface area (Å²) in [4.78, 5) is 0. The molecule has 1 aromatic heterocycles. The average molecular weight is 356 g/mol. The third-order valence-corrected chi connectivity index (χ3v) is 3.97. The first kappa shape index (κ1) is 17.0. The zero-order chi connectivity index (χ0) is 17.6. The number of hydrogen-bond acceptors (Lipinski definition) is 5. The van der Waals surface area contributed by atoms with Crippen LogP contribution in [0.1, 0.15) is 12.5 Å². The Morgan fingerprint density at radius 1 is 1.16 bits per heavy atom. The molecule has 3 rings (SSSR count). The van der Waals surface area contributed by atoms with Gasteiger partial charge in [0.25, 0.3) is 0 Å². The van der Waals surface area contributed by atoms with Crippen LogP contribution in [-0.2, 0) is 6.54 Å². The fourth-order valence-corrected chi connectivity index (χ4v) is 2.75. The van der Waals surface area contributed by atoms with Gasteiger partial charge in [-0.15, -0.1) is 0 Å². The van der Waals surface area contributed by atoms with Crippen molar-refractivity contribution in [3.63, 3.8) is 0 Å². The van der Waals surface area contributed by atoms with Crippen LogP contribution < -0.4 is 14.9 Å². The van der Waals surface area contributed by atoms with E-state index in [-0.39, 0.29) is 0 Å². The Morgan fingerprint density at radius 3 is 2.68 bits per heavy atom. The van der Waals surface area contributed by atoms with Crippen molar-refractivity contribution in [2.75, 3.05) is 19.1 Å². The topological polar surface area (TPSA) is 64.1 Å². The van der Waals surface area contributed by atoms with Gasteiger partial charge in [-0.05, 0) is 25.2 Å². The number of rotatable bonds is 7. The molecule has 0 saturated heterocycles. The molecule has 0 radical (unpaired) electrons. The zero-order valence-corrected chi connectivity index (χ0v) is 15.0. The minimum absolute atomic E-state index is 0.500. The van der Waals surface area contributed by atoms with Crippen molar-refractivity contribution in [3.8, 4) is 22.9 Å². The molecule has 0 atom stereocenters. The maximum Gasteiger partial charge on any atom is 0.214 e. The Hall–Kier alpha value is -2.80. The normalized spacial score (nSPS) is 10.5. The molecule has 0 amide bonds. The van der Waals surface area contributed by atoms with Crippen molar-refractivity contribution in [2.24, 2.45) is 0 Å². The van der Waals surface area contributed by atoms with Crippen molar-refractivity contribution in [1.29, 1.82) is 0 Å².